The molecular formula is C34H39NO8. The highest BCUT2D eigenvalue weighted by Gasteiger charge is 2.47. The summed E-state index contributed by atoms with van der Waals surface area (Å²) in [6.07, 6.45) is 2.85. The fraction of sp³-hybridized carbons (Fsp3) is 0.500. The fourth-order valence-corrected chi connectivity index (χ4v) is 7.65. The number of methoxy groups -OCH3 is 1. The highest BCUT2D eigenvalue weighted by atomic mass is 16.7. The van der Waals surface area contributed by atoms with Gasteiger partial charge in [0, 0.05) is 17.2 Å². The van der Waals surface area contributed by atoms with E-state index >= 15 is 0 Å². The van der Waals surface area contributed by atoms with Crippen LogP contribution in [0.25, 0.3) is 11.8 Å². The van der Waals surface area contributed by atoms with E-state index in [9.17, 15) is 20.4 Å². The Kier molecular flexibility index (Phi) is 8.75. The molecule has 0 amide bonds. The van der Waals surface area contributed by atoms with Gasteiger partial charge in [0.2, 0.25) is 6.29 Å². The Labute approximate surface area is 251 Å². The first kappa shape index (κ1) is 29.7. The van der Waals surface area contributed by atoms with E-state index in [1.807, 2.05) is 30.3 Å². The summed E-state index contributed by atoms with van der Waals surface area (Å²) < 4.78 is 23.5. The molecule has 0 spiro atoms. The summed E-state index contributed by atoms with van der Waals surface area (Å²) >= 11 is 0. The first-order valence-electron chi connectivity index (χ1n) is 15.1. The van der Waals surface area contributed by atoms with Crippen molar-refractivity contribution in [2.45, 2.75) is 69.4 Å². The van der Waals surface area contributed by atoms with Crippen LogP contribution in [-0.4, -0.2) is 64.8 Å². The Morgan fingerprint density at radius 1 is 0.953 bits per heavy atom. The summed E-state index contributed by atoms with van der Waals surface area (Å²) in [7, 11) is 1.76. The lowest BCUT2D eigenvalue weighted by molar-refractivity contribution is -0.277. The molecule has 0 aromatic heterocycles. The minimum Gasteiger partial charge on any atom is -0.496 e. The number of benzene rings is 2. The Morgan fingerprint density at radius 2 is 1.65 bits per heavy atom. The lowest BCUT2D eigenvalue weighted by atomic mass is 9.54. The number of hydrogen-bond acceptors (Lipinski definition) is 9. The molecule has 7 rings (SSSR count). The van der Waals surface area contributed by atoms with Gasteiger partial charge >= 0.3 is 0 Å². The minimum atomic E-state index is -1.51. The number of hydrogen-bond donors (Lipinski definition) is 4. The van der Waals surface area contributed by atoms with Crippen molar-refractivity contribution >= 4 is 11.8 Å². The second kappa shape index (κ2) is 12.7. The minimum absolute atomic E-state index is 0.255. The predicted octanol–water partition coefficient (Wildman–Crippen LogP) is 3.79. The third kappa shape index (κ3) is 6.03. The molecule has 1 saturated heterocycles. The highest BCUT2D eigenvalue weighted by molar-refractivity contribution is 5.70. The van der Waals surface area contributed by atoms with Crippen LogP contribution in [-0.2, 0) is 16.1 Å². The molecule has 9 heteroatoms. The number of ether oxygens (including phenoxy) is 4. The van der Waals surface area contributed by atoms with Crippen LogP contribution in [0.2, 0.25) is 0 Å². The number of nitrogens with zero attached hydrogens (tertiary/aromatic N) is 1. The molecule has 5 fully saturated rings. The zero-order valence-electron chi connectivity index (χ0n) is 24.2. The molecule has 0 radical (unpaired) electrons. The largest absolute Gasteiger partial charge is 0.496 e. The zero-order valence-corrected chi connectivity index (χ0v) is 24.2. The van der Waals surface area contributed by atoms with Gasteiger partial charge in [-0.1, -0.05) is 24.3 Å². The molecule has 5 atom stereocenters. The average molecular weight is 590 g/mol. The Bertz CT molecular complexity index is 1360. The molecule has 3 unspecified atom stereocenters. The standard InChI is InChI=1S/C34H39NO8/c1-40-33(29-24-12-20-11-21(14-24)15-25(29)13-20)23-7-6-22(3-2-10-35)27(16-23)41-18-19-4-8-26(9-5-19)42-34-32(39)31(38)30(37)28(17-36)43-34/h2-9,16,20-21,24-25,28,30-32,34,36-39H,11-15,17-18H2,1H3/b3-2+,33-29?/t20?,21?,24?,25?,28?,30-,31?,32?,34+/m0/s1. The summed E-state index contributed by atoms with van der Waals surface area (Å²) in [4.78, 5) is 0. The van der Waals surface area contributed by atoms with Gasteiger partial charge in [-0.3, -0.25) is 0 Å². The van der Waals surface area contributed by atoms with E-state index in [0.717, 1.165) is 34.3 Å². The summed E-state index contributed by atoms with van der Waals surface area (Å²) in [5.41, 5.74) is 4.10. The first-order chi connectivity index (χ1) is 20.9. The van der Waals surface area contributed by atoms with E-state index in [0.29, 0.717) is 23.3 Å². The lowest BCUT2D eigenvalue weighted by Gasteiger charge is -2.51. The SMILES string of the molecule is COC(=C1C2CC3CC(C2)CC1C3)c1ccc(/C=C/C#N)c(OCc2ccc(O[C@@H]3OC(CO)[C@H](O)C(O)C3O)cc2)c1. The van der Waals surface area contributed by atoms with E-state index in [1.165, 1.54) is 43.8 Å². The lowest BCUT2D eigenvalue weighted by Crippen LogP contribution is -2.60. The molecule has 2 aromatic rings. The third-order valence-corrected chi connectivity index (χ3v) is 9.52. The average Bonchev–Trinajstić information content (AvgIpc) is 3.01. The summed E-state index contributed by atoms with van der Waals surface area (Å²) in [6.45, 7) is -0.274. The number of aliphatic hydroxyl groups excluding tert-OH is 4. The third-order valence-electron chi connectivity index (χ3n) is 9.52. The van der Waals surface area contributed by atoms with E-state index in [1.54, 1.807) is 25.3 Å². The van der Waals surface area contributed by atoms with Crippen LogP contribution in [0.4, 0.5) is 0 Å². The molecule has 1 aliphatic heterocycles. The van der Waals surface area contributed by atoms with E-state index < -0.39 is 37.3 Å². The van der Waals surface area contributed by atoms with Crippen molar-refractivity contribution in [1.82, 2.24) is 0 Å². The molecule has 4 aliphatic carbocycles. The van der Waals surface area contributed by atoms with Crippen LogP contribution in [0.3, 0.4) is 0 Å². The molecule has 228 valence electrons. The molecule has 4 N–H and O–H groups in total. The topological polar surface area (TPSA) is 142 Å². The van der Waals surface area contributed by atoms with Gasteiger partial charge in [0.15, 0.2) is 0 Å². The molecular weight excluding hydrogens is 550 g/mol. The Morgan fingerprint density at radius 3 is 2.28 bits per heavy atom. The van der Waals surface area contributed by atoms with Gasteiger partial charge in [-0.15, -0.1) is 0 Å². The quantitative estimate of drug-likeness (QED) is 0.254. The maximum Gasteiger partial charge on any atom is 0.229 e. The van der Waals surface area contributed by atoms with Crippen LogP contribution in [0.1, 0.15) is 48.8 Å². The van der Waals surface area contributed by atoms with Crippen molar-refractivity contribution in [3.8, 4) is 17.6 Å². The van der Waals surface area contributed by atoms with Crippen LogP contribution in [0, 0.1) is 35.0 Å². The smallest absolute Gasteiger partial charge is 0.229 e. The maximum absolute atomic E-state index is 10.3. The van der Waals surface area contributed by atoms with Crippen molar-refractivity contribution in [3.05, 3.63) is 70.8 Å². The normalized spacial score (nSPS) is 32.9. The molecule has 4 bridgehead atoms. The molecule has 4 saturated carbocycles. The van der Waals surface area contributed by atoms with Gasteiger partial charge in [-0.25, -0.2) is 0 Å². The molecule has 1 heterocycles. The summed E-state index contributed by atoms with van der Waals surface area (Å²) in [5, 5.41) is 48.8. The first-order valence-corrected chi connectivity index (χ1v) is 15.1. The Hall–Kier alpha value is -3.39. The van der Waals surface area contributed by atoms with Crippen molar-refractivity contribution in [2.75, 3.05) is 13.7 Å². The van der Waals surface area contributed by atoms with Gasteiger partial charge < -0.3 is 39.4 Å². The second-order valence-corrected chi connectivity index (χ2v) is 12.3. The van der Waals surface area contributed by atoms with Gasteiger partial charge in [-0.05, 0) is 91.2 Å². The monoisotopic (exact) mass is 589 g/mol. The van der Waals surface area contributed by atoms with Crippen LogP contribution in [0.5, 0.6) is 11.5 Å². The van der Waals surface area contributed by atoms with E-state index in [2.05, 4.69) is 6.07 Å². The van der Waals surface area contributed by atoms with Gasteiger partial charge in [0.05, 0.1) is 19.8 Å². The summed E-state index contributed by atoms with van der Waals surface area (Å²) in [6, 6.07) is 15.1. The van der Waals surface area contributed by atoms with Crippen LogP contribution < -0.4 is 9.47 Å². The van der Waals surface area contributed by atoms with E-state index in [-0.39, 0.29) is 6.61 Å². The number of aliphatic hydroxyl groups is 4. The van der Waals surface area contributed by atoms with Crippen LogP contribution >= 0.6 is 0 Å². The number of allylic oxidation sites excluding steroid dienone is 2. The van der Waals surface area contributed by atoms with Crippen molar-refractivity contribution < 1.29 is 39.4 Å². The predicted molar refractivity (Wildman–Crippen MR) is 157 cm³/mol. The number of rotatable bonds is 9. The van der Waals surface area contributed by atoms with Gasteiger partial charge in [-0.2, -0.15) is 5.26 Å². The highest BCUT2D eigenvalue weighted by Crippen LogP contribution is 2.58. The Balaban J connectivity index is 1.18. The number of nitriles is 1. The van der Waals surface area contributed by atoms with Crippen molar-refractivity contribution in [2.24, 2.45) is 23.7 Å². The van der Waals surface area contributed by atoms with Crippen molar-refractivity contribution in [1.29, 1.82) is 5.26 Å². The fourth-order valence-electron chi connectivity index (χ4n) is 7.65. The summed E-state index contributed by atoms with van der Waals surface area (Å²) in [5.74, 6) is 4.88. The molecule has 9 nitrogen and oxygen atoms in total. The van der Waals surface area contributed by atoms with Gasteiger partial charge in [0.25, 0.3) is 0 Å². The van der Waals surface area contributed by atoms with Gasteiger partial charge in [0.1, 0.15) is 48.3 Å². The van der Waals surface area contributed by atoms with E-state index in [4.69, 9.17) is 24.2 Å². The second-order valence-electron chi connectivity index (χ2n) is 12.3. The zero-order chi connectivity index (χ0) is 30.1. The molecule has 2 aromatic carbocycles. The molecule has 5 aliphatic rings. The maximum atomic E-state index is 10.3. The van der Waals surface area contributed by atoms with Crippen LogP contribution in [0.15, 0.2) is 54.1 Å². The molecule has 43 heavy (non-hydrogen) atoms. The van der Waals surface area contributed by atoms with Crippen molar-refractivity contribution in [3.63, 3.8) is 0 Å².